The fourth-order valence-electron chi connectivity index (χ4n) is 1.09. The lowest BCUT2D eigenvalue weighted by Crippen LogP contribution is -2.10. The summed E-state index contributed by atoms with van der Waals surface area (Å²) in [5.74, 6) is 0. The maximum Gasteiger partial charge on any atom is 0.0608 e. The van der Waals surface area contributed by atoms with Crippen molar-refractivity contribution in [1.29, 1.82) is 0 Å². The summed E-state index contributed by atoms with van der Waals surface area (Å²) in [5, 5.41) is 3.14. The van der Waals surface area contributed by atoms with Crippen LogP contribution < -0.4 is 10.2 Å². The smallest absolute Gasteiger partial charge is 0.0608 e. The molecule has 0 fully saturated rings. The first-order valence-electron chi connectivity index (χ1n) is 3.80. The van der Waals surface area contributed by atoms with Gasteiger partial charge in [-0.1, -0.05) is 15.9 Å². The molecule has 0 spiro atoms. The van der Waals surface area contributed by atoms with Crippen LogP contribution in [0.4, 0.5) is 11.4 Å². The molecule has 0 heterocycles. The molecule has 1 aromatic rings. The first kappa shape index (κ1) is 9.39. The Morgan fingerprint density at radius 1 is 1.33 bits per heavy atom. The third-order valence-electron chi connectivity index (χ3n) is 1.71. The predicted molar refractivity (Wildman–Crippen MR) is 58.0 cm³/mol. The van der Waals surface area contributed by atoms with Crippen LogP contribution in [0.25, 0.3) is 0 Å². The number of anilines is 2. The molecule has 0 aliphatic heterocycles. The van der Waals surface area contributed by atoms with Crippen molar-refractivity contribution in [2.24, 2.45) is 0 Å². The van der Waals surface area contributed by atoms with Crippen LogP contribution in [0.1, 0.15) is 0 Å². The van der Waals surface area contributed by atoms with Crippen molar-refractivity contribution in [3.8, 4) is 0 Å². The number of nitrogens with one attached hydrogen (secondary N) is 1. The van der Waals surface area contributed by atoms with Crippen LogP contribution in [0.15, 0.2) is 22.7 Å². The van der Waals surface area contributed by atoms with Gasteiger partial charge in [-0.2, -0.15) is 0 Å². The van der Waals surface area contributed by atoms with Crippen LogP contribution in [-0.4, -0.2) is 21.1 Å². The molecule has 0 amide bonds. The fraction of sp³-hybridized carbons (Fsp3) is 0.333. The van der Waals surface area contributed by atoms with Gasteiger partial charge in [0.05, 0.1) is 11.4 Å². The molecule has 2 nitrogen and oxygen atoms in total. The third kappa shape index (κ3) is 1.91. The largest absolute Gasteiger partial charge is 0.386 e. The standard InChI is InChI=1S/C9H13BrN2/c1-11-8-5-4-7(10)6-9(8)12(2)3/h4-6,11H,1-3H3. The molecule has 1 rings (SSSR count). The molecule has 0 radical (unpaired) electrons. The highest BCUT2D eigenvalue weighted by molar-refractivity contribution is 9.10. The summed E-state index contributed by atoms with van der Waals surface area (Å²) in [6.45, 7) is 0. The minimum absolute atomic E-state index is 1.10. The van der Waals surface area contributed by atoms with Gasteiger partial charge in [0.15, 0.2) is 0 Å². The van der Waals surface area contributed by atoms with Gasteiger partial charge in [0.1, 0.15) is 0 Å². The SMILES string of the molecule is CNc1ccc(Br)cc1N(C)C. The molecule has 1 N–H and O–H groups in total. The van der Waals surface area contributed by atoms with E-state index in [0.29, 0.717) is 0 Å². The highest BCUT2D eigenvalue weighted by Gasteiger charge is 2.02. The number of hydrogen-bond acceptors (Lipinski definition) is 2. The summed E-state index contributed by atoms with van der Waals surface area (Å²) in [6, 6.07) is 6.17. The van der Waals surface area contributed by atoms with Crippen molar-refractivity contribution in [2.75, 3.05) is 31.4 Å². The Balaban J connectivity index is 3.12. The minimum Gasteiger partial charge on any atom is -0.386 e. The summed E-state index contributed by atoms with van der Waals surface area (Å²) in [6.07, 6.45) is 0. The summed E-state index contributed by atoms with van der Waals surface area (Å²) >= 11 is 3.44. The van der Waals surface area contributed by atoms with E-state index in [1.165, 1.54) is 5.69 Å². The molecule has 12 heavy (non-hydrogen) atoms. The Kier molecular flexibility index (Phi) is 2.98. The zero-order valence-electron chi connectivity index (χ0n) is 7.56. The van der Waals surface area contributed by atoms with Gasteiger partial charge in [-0.3, -0.25) is 0 Å². The van der Waals surface area contributed by atoms with E-state index in [4.69, 9.17) is 0 Å². The van der Waals surface area contributed by atoms with Crippen molar-refractivity contribution in [3.05, 3.63) is 22.7 Å². The molecule has 0 aromatic heterocycles. The van der Waals surface area contributed by atoms with E-state index >= 15 is 0 Å². The Hall–Kier alpha value is -0.700. The quantitative estimate of drug-likeness (QED) is 0.838. The van der Waals surface area contributed by atoms with Crippen LogP contribution in [0.2, 0.25) is 0 Å². The topological polar surface area (TPSA) is 15.3 Å². The zero-order valence-corrected chi connectivity index (χ0v) is 9.14. The van der Waals surface area contributed by atoms with Gasteiger partial charge in [0.25, 0.3) is 0 Å². The molecule has 66 valence electrons. The molecule has 0 saturated heterocycles. The maximum atomic E-state index is 3.44. The van der Waals surface area contributed by atoms with Crippen LogP contribution >= 0.6 is 15.9 Å². The molecule has 0 aliphatic rings. The first-order chi connectivity index (χ1) is 5.65. The first-order valence-corrected chi connectivity index (χ1v) is 4.59. The van der Waals surface area contributed by atoms with Crippen molar-refractivity contribution in [2.45, 2.75) is 0 Å². The number of benzene rings is 1. The predicted octanol–water partition coefficient (Wildman–Crippen LogP) is 2.56. The molecular weight excluding hydrogens is 216 g/mol. The van der Waals surface area contributed by atoms with E-state index in [9.17, 15) is 0 Å². The highest BCUT2D eigenvalue weighted by Crippen LogP contribution is 2.27. The molecule has 0 atom stereocenters. The van der Waals surface area contributed by atoms with E-state index in [-0.39, 0.29) is 0 Å². The van der Waals surface area contributed by atoms with E-state index in [0.717, 1.165) is 10.2 Å². The van der Waals surface area contributed by atoms with E-state index in [2.05, 4.69) is 38.3 Å². The van der Waals surface area contributed by atoms with Crippen molar-refractivity contribution in [3.63, 3.8) is 0 Å². The molecule has 0 saturated carbocycles. The monoisotopic (exact) mass is 228 g/mol. The molecule has 0 unspecified atom stereocenters. The van der Waals surface area contributed by atoms with Gasteiger partial charge in [0, 0.05) is 25.6 Å². The summed E-state index contributed by atoms with van der Waals surface area (Å²) in [4.78, 5) is 2.08. The Morgan fingerprint density at radius 3 is 2.50 bits per heavy atom. The molecular formula is C9H13BrN2. The Bertz CT molecular complexity index is 271. The molecule has 0 bridgehead atoms. The molecule has 1 aromatic carbocycles. The Labute approximate surface area is 81.7 Å². The van der Waals surface area contributed by atoms with E-state index in [1.807, 2.05) is 27.2 Å². The van der Waals surface area contributed by atoms with Gasteiger partial charge in [-0.15, -0.1) is 0 Å². The van der Waals surface area contributed by atoms with Gasteiger partial charge in [0.2, 0.25) is 0 Å². The van der Waals surface area contributed by atoms with E-state index in [1.54, 1.807) is 0 Å². The number of halogens is 1. The van der Waals surface area contributed by atoms with Crippen molar-refractivity contribution < 1.29 is 0 Å². The highest BCUT2D eigenvalue weighted by atomic mass is 79.9. The minimum atomic E-state index is 1.10. The second-order valence-electron chi connectivity index (χ2n) is 2.81. The second-order valence-corrected chi connectivity index (χ2v) is 3.72. The normalized spacial score (nSPS) is 9.67. The van der Waals surface area contributed by atoms with Gasteiger partial charge in [-0.25, -0.2) is 0 Å². The van der Waals surface area contributed by atoms with Gasteiger partial charge < -0.3 is 10.2 Å². The average molecular weight is 229 g/mol. The van der Waals surface area contributed by atoms with Crippen LogP contribution in [0, 0.1) is 0 Å². The zero-order chi connectivity index (χ0) is 9.14. The summed E-state index contributed by atoms with van der Waals surface area (Å²) in [7, 11) is 5.99. The average Bonchev–Trinajstić information content (AvgIpc) is 2.04. The second kappa shape index (κ2) is 3.81. The summed E-state index contributed by atoms with van der Waals surface area (Å²) in [5.41, 5.74) is 2.33. The van der Waals surface area contributed by atoms with Crippen molar-refractivity contribution in [1.82, 2.24) is 0 Å². The molecule has 0 aliphatic carbocycles. The number of nitrogens with zero attached hydrogens (tertiary/aromatic N) is 1. The third-order valence-corrected chi connectivity index (χ3v) is 2.20. The lowest BCUT2D eigenvalue weighted by Gasteiger charge is -2.17. The fourth-order valence-corrected chi connectivity index (χ4v) is 1.44. The maximum absolute atomic E-state index is 3.44. The van der Waals surface area contributed by atoms with Crippen molar-refractivity contribution >= 4 is 27.3 Å². The lowest BCUT2D eigenvalue weighted by molar-refractivity contribution is 1.13. The van der Waals surface area contributed by atoms with E-state index < -0.39 is 0 Å². The van der Waals surface area contributed by atoms with Crippen LogP contribution in [-0.2, 0) is 0 Å². The Morgan fingerprint density at radius 2 is 2.00 bits per heavy atom. The molecule has 3 heteroatoms. The van der Waals surface area contributed by atoms with Crippen LogP contribution in [0.5, 0.6) is 0 Å². The lowest BCUT2D eigenvalue weighted by atomic mass is 10.2. The van der Waals surface area contributed by atoms with Crippen LogP contribution in [0.3, 0.4) is 0 Å². The number of rotatable bonds is 2. The van der Waals surface area contributed by atoms with Gasteiger partial charge in [-0.05, 0) is 18.2 Å². The summed E-state index contributed by atoms with van der Waals surface area (Å²) < 4.78 is 1.10. The van der Waals surface area contributed by atoms with Gasteiger partial charge >= 0.3 is 0 Å². The number of hydrogen-bond donors (Lipinski definition) is 1.